The number of anilines is 1. The van der Waals surface area contributed by atoms with Gasteiger partial charge in [-0.05, 0) is 24.6 Å². The molecule has 3 rings (SSSR count). The van der Waals surface area contributed by atoms with E-state index in [9.17, 15) is 9.18 Å². The van der Waals surface area contributed by atoms with Crippen LogP contribution in [0.3, 0.4) is 0 Å². The van der Waals surface area contributed by atoms with Crippen LogP contribution in [-0.2, 0) is 18.3 Å². The Balaban J connectivity index is 0.000000488. The topological polar surface area (TPSA) is 92.0 Å². The number of nitrogens with zero attached hydrogens (tertiary/aromatic N) is 3. The molecular weight excluding hydrogens is 397 g/mol. The summed E-state index contributed by atoms with van der Waals surface area (Å²) in [4.78, 5) is 12.0. The molecule has 2 N–H and O–H groups in total. The summed E-state index contributed by atoms with van der Waals surface area (Å²) in [6.07, 6.45) is 4.78. The maximum Gasteiger partial charge on any atom is 0.225 e. The highest BCUT2D eigenvalue weighted by Gasteiger charge is 2.14. The standard InChI is InChI=1S/C17H20FN5O2.C6H6/c1-23-11-12(10-21-23)3-5-20-6-4-16(24)22-15-8-14(18)7-13(9-19)17(15)25-2;1-2-4-6-5-3-1/h7-8,10-11,20H,3-6H2,1-2H3,(H,22,24);1-6H. The number of carbonyl (C=O) groups excluding carboxylic acids is 1. The monoisotopic (exact) mass is 423 g/mol. The lowest BCUT2D eigenvalue weighted by molar-refractivity contribution is -0.116. The Kier molecular flexibility index (Phi) is 9.72. The average molecular weight is 423 g/mol. The van der Waals surface area contributed by atoms with E-state index in [4.69, 9.17) is 10.00 Å². The van der Waals surface area contributed by atoms with Crippen LogP contribution in [0.25, 0.3) is 0 Å². The van der Waals surface area contributed by atoms with Crippen molar-refractivity contribution in [3.63, 3.8) is 0 Å². The van der Waals surface area contributed by atoms with Crippen LogP contribution in [-0.4, -0.2) is 35.9 Å². The van der Waals surface area contributed by atoms with Crippen molar-refractivity contribution in [2.75, 3.05) is 25.5 Å². The first kappa shape index (κ1) is 23.6. The van der Waals surface area contributed by atoms with E-state index < -0.39 is 5.82 Å². The molecule has 8 heteroatoms. The predicted octanol–water partition coefficient (Wildman–Crippen LogP) is 3.29. The SMILES string of the molecule is COc1c(C#N)cc(F)cc1NC(=O)CCNCCc1cnn(C)c1.c1ccccc1. The molecule has 3 aromatic rings. The van der Waals surface area contributed by atoms with E-state index in [-0.39, 0.29) is 29.3 Å². The van der Waals surface area contributed by atoms with E-state index in [1.54, 1.807) is 10.9 Å². The Labute approximate surface area is 181 Å². The van der Waals surface area contributed by atoms with E-state index in [0.717, 1.165) is 30.7 Å². The van der Waals surface area contributed by atoms with Crippen molar-refractivity contribution in [3.8, 4) is 11.8 Å². The first-order chi connectivity index (χ1) is 15.0. The maximum absolute atomic E-state index is 13.5. The third-order valence-electron chi connectivity index (χ3n) is 4.20. The number of aryl methyl sites for hydroxylation is 1. The van der Waals surface area contributed by atoms with Gasteiger partial charge in [-0.3, -0.25) is 9.48 Å². The molecule has 0 aliphatic carbocycles. The molecule has 162 valence electrons. The number of benzene rings is 2. The zero-order chi connectivity index (χ0) is 22.5. The summed E-state index contributed by atoms with van der Waals surface area (Å²) < 4.78 is 20.4. The van der Waals surface area contributed by atoms with Gasteiger partial charge in [-0.25, -0.2) is 4.39 Å². The zero-order valence-corrected chi connectivity index (χ0v) is 17.6. The van der Waals surface area contributed by atoms with Crippen LogP contribution in [0.4, 0.5) is 10.1 Å². The van der Waals surface area contributed by atoms with Gasteiger partial charge in [0.15, 0.2) is 5.75 Å². The molecule has 0 aliphatic heterocycles. The Hall–Kier alpha value is -3.70. The van der Waals surface area contributed by atoms with E-state index in [0.29, 0.717) is 6.54 Å². The number of halogens is 1. The fourth-order valence-electron chi connectivity index (χ4n) is 2.75. The molecule has 31 heavy (non-hydrogen) atoms. The van der Waals surface area contributed by atoms with Gasteiger partial charge in [-0.2, -0.15) is 10.4 Å². The van der Waals surface area contributed by atoms with Crippen molar-refractivity contribution in [1.29, 1.82) is 5.26 Å². The van der Waals surface area contributed by atoms with Gasteiger partial charge in [0.1, 0.15) is 11.9 Å². The molecule has 0 unspecified atom stereocenters. The lowest BCUT2D eigenvalue weighted by Gasteiger charge is -2.12. The number of ether oxygens (including phenoxy) is 1. The average Bonchev–Trinajstić information content (AvgIpc) is 3.19. The van der Waals surface area contributed by atoms with Gasteiger partial charge in [0.25, 0.3) is 0 Å². The second kappa shape index (κ2) is 12.8. The number of aromatic nitrogens is 2. The first-order valence-electron chi connectivity index (χ1n) is 9.79. The molecule has 7 nitrogen and oxygen atoms in total. The van der Waals surface area contributed by atoms with E-state index >= 15 is 0 Å². The predicted molar refractivity (Wildman–Crippen MR) is 117 cm³/mol. The highest BCUT2D eigenvalue weighted by atomic mass is 19.1. The number of hydrogen-bond acceptors (Lipinski definition) is 5. The maximum atomic E-state index is 13.5. The number of nitriles is 1. The molecule has 0 saturated carbocycles. The van der Waals surface area contributed by atoms with E-state index in [1.165, 1.54) is 7.11 Å². The van der Waals surface area contributed by atoms with Gasteiger partial charge in [-0.15, -0.1) is 0 Å². The fraction of sp³-hybridized carbons (Fsp3) is 0.261. The number of rotatable bonds is 8. The minimum atomic E-state index is -0.609. The van der Waals surface area contributed by atoms with Gasteiger partial charge in [0.05, 0.1) is 24.6 Å². The van der Waals surface area contributed by atoms with Crippen molar-refractivity contribution < 1.29 is 13.9 Å². The van der Waals surface area contributed by atoms with Crippen LogP contribution in [0.15, 0.2) is 60.9 Å². The van der Waals surface area contributed by atoms with Crippen molar-refractivity contribution in [2.24, 2.45) is 7.05 Å². The summed E-state index contributed by atoms with van der Waals surface area (Å²) in [5, 5.41) is 18.8. The fourth-order valence-corrected chi connectivity index (χ4v) is 2.75. The van der Waals surface area contributed by atoms with Crippen LogP contribution < -0.4 is 15.4 Å². The Morgan fingerprint density at radius 2 is 1.87 bits per heavy atom. The number of nitrogens with one attached hydrogen (secondary N) is 2. The van der Waals surface area contributed by atoms with Gasteiger partial charge in [-0.1, -0.05) is 36.4 Å². The summed E-state index contributed by atoms with van der Waals surface area (Å²) in [6, 6.07) is 16.0. The molecule has 1 amide bonds. The molecule has 1 heterocycles. The quantitative estimate of drug-likeness (QED) is 0.543. The van der Waals surface area contributed by atoms with Crippen molar-refractivity contribution in [3.05, 3.63) is 77.9 Å². The normalized spacial score (nSPS) is 9.87. The molecule has 0 aliphatic rings. The molecule has 2 aromatic carbocycles. The van der Waals surface area contributed by atoms with Crippen LogP contribution >= 0.6 is 0 Å². The first-order valence-corrected chi connectivity index (χ1v) is 9.79. The Morgan fingerprint density at radius 1 is 1.19 bits per heavy atom. The largest absolute Gasteiger partial charge is 0.493 e. The molecule has 0 spiro atoms. The minimum Gasteiger partial charge on any atom is -0.493 e. The third kappa shape index (κ3) is 8.28. The molecule has 1 aromatic heterocycles. The van der Waals surface area contributed by atoms with Crippen molar-refractivity contribution in [1.82, 2.24) is 15.1 Å². The van der Waals surface area contributed by atoms with Gasteiger partial charge in [0.2, 0.25) is 5.91 Å². The molecule has 0 atom stereocenters. The third-order valence-corrected chi connectivity index (χ3v) is 4.20. The molecule has 0 bridgehead atoms. The minimum absolute atomic E-state index is 0.0346. The highest BCUT2D eigenvalue weighted by Crippen LogP contribution is 2.29. The second-order valence-electron chi connectivity index (χ2n) is 6.62. The Bertz CT molecular complexity index is 972. The van der Waals surface area contributed by atoms with E-state index in [1.807, 2.05) is 55.7 Å². The lowest BCUT2D eigenvalue weighted by atomic mass is 10.1. The smallest absolute Gasteiger partial charge is 0.225 e. The van der Waals surface area contributed by atoms with Crippen molar-refractivity contribution >= 4 is 11.6 Å². The number of hydrogen-bond donors (Lipinski definition) is 2. The summed E-state index contributed by atoms with van der Waals surface area (Å²) in [5.41, 5.74) is 1.31. The summed E-state index contributed by atoms with van der Waals surface area (Å²) in [7, 11) is 3.23. The molecular formula is C23H26FN5O2. The Morgan fingerprint density at radius 3 is 2.42 bits per heavy atom. The molecule has 0 radical (unpaired) electrons. The molecule has 0 saturated heterocycles. The highest BCUT2D eigenvalue weighted by molar-refractivity contribution is 5.93. The molecule has 0 fully saturated rings. The number of carbonyl (C=O) groups is 1. The van der Waals surface area contributed by atoms with Crippen LogP contribution in [0.1, 0.15) is 17.5 Å². The summed E-state index contributed by atoms with van der Waals surface area (Å²) in [5.74, 6) is -0.745. The van der Waals surface area contributed by atoms with Gasteiger partial charge < -0.3 is 15.4 Å². The van der Waals surface area contributed by atoms with E-state index in [2.05, 4.69) is 15.7 Å². The number of methoxy groups -OCH3 is 1. The van der Waals surface area contributed by atoms with Crippen molar-refractivity contribution in [2.45, 2.75) is 12.8 Å². The summed E-state index contributed by atoms with van der Waals surface area (Å²) in [6.45, 7) is 1.20. The van der Waals surface area contributed by atoms with Gasteiger partial charge >= 0.3 is 0 Å². The van der Waals surface area contributed by atoms with Crippen LogP contribution in [0, 0.1) is 17.1 Å². The second-order valence-corrected chi connectivity index (χ2v) is 6.62. The summed E-state index contributed by atoms with van der Waals surface area (Å²) >= 11 is 0. The van der Waals surface area contributed by atoms with Crippen LogP contribution in [0.2, 0.25) is 0 Å². The van der Waals surface area contributed by atoms with Gasteiger partial charge in [0, 0.05) is 32.3 Å². The number of amides is 1. The zero-order valence-electron chi connectivity index (χ0n) is 17.6. The lowest BCUT2D eigenvalue weighted by Crippen LogP contribution is -2.23. The van der Waals surface area contributed by atoms with Crippen LogP contribution in [0.5, 0.6) is 5.75 Å².